The molecule has 0 aromatic rings. The standard InChI is InChI=1S/C13H23Cl/c1-10-12(7-8-13(10)14)9-11-5-3-2-4-6-11/h10-13H,2-9H2,1H3. The minimum absolute atomic E-state index is 0.476. The van der Waals surface area contributed by atoms with Crippen molar-refractivity contribution in [1.82, 2.24) is 0 Å². The van der Waals surface area contributed by atoms with Gasteiger partial charge in [0.15, 0.2) is 0 Å². The zero-order chi connectivity index (χ0) is 9.97. The Morgan fingerprint density at radius 3 is 2.29 bits per heavy atom. The molecule has 2 saturated carbocycles. The summed E-state index contributed by atoms with van der Waals surface area (Å²) in [4.78, 5) is 0. The summed E-state index contributed by atoms with van der Waals surface area (Å²) in [6.45, 7) is 2.36. The van der Waals surface area contributed by atoms with E-state index in [2.05, 4.69) is 6.92 Å². The third-order valence-corrected chi connectivity index (χ3v) is 5.10. The van der Waals surface area contributed by atoms with Crippen molar-refractivity contribution >= 4 is 11.6 Å². The molecule has 3 unspecified atom stereocenters. The lowest BCUT2D eigenvalue weighted by Gasteiger charge is -2.26. The first-order chi connectivity index (χ1) is 6.77. The molecular formula is C13H23Cl. The van der Waals surface area contributed by atoms with Crippen molar-refractivity contribution in [1.29, 1.82) is 0 Å². The van der Waals surface area contributed by atoms with Gasteiger partial charge in [0.2, 0.25) is 0 Å². The van der Waals surface area contributed by atoms with E-state index in [1.807, 2.05) is 0 Å². The van der Waals surface area contributed by atoms with Gasteiger partial charge < -0.3 is 0 Å². The van der Waals surface area contributed by atoms with Crippen LogP contribution in [0.25, 0.3) is 0 Å². The molecule has 0 radical (unpaired) electrons. The number of alkyl halides is 1. The van der Waals surface area contributed by atoms with Crippen molar-refractivity contribution < 1.29 is 0 Å². The van der Waals surface area contributed by atoms with Gasteiger partial charge in [-0.05, 0) is 37.0 Å². The normalized spacial score (nSPS) is 40.3. The Hall–Kier alpha value is 0.290. The van der Waals surface area contributed by atoms with Gasteiger partial charge in [-0.25, -0.2) is 0 Å². The summed E-state index contributed by atoms with van der Waals surface area (Å²) in [5.41, 5.74) is 0. The van der Waals surface area contributed by atoms with Crippen LogP contribution in [0.15, 0.2) is 0 Å². The molecule has 82 valence electrons. The molecule has 2 fully saturated rings. The predicted molar refractivity (Wildman–Crippen MR) is 62.7 cm³/mol. The molecule has 2 rings (SSSR count). The Bertz CT molecular complexity index is 172. The first kappa shape index (κ1) is 10.8. The predicted octanol–water partition coefficient (Wildman–Crippen LogP) is 4.61. The van der Waals surface area contributed by atoms with Gasteiger partial charge in [0, 0.05) is 5.38 Å². The molecule has 0 saturated heterocycles. The van der Waals surface area contributed by atoms with Crippen LogP contribution in [0.3, 0.4) is 0 Å². The van der Waals surface area contributed by atoms with Crippen LogP contribution >= 0.6 is 11.6 Å². The smallest absolute Gasteiger partial charge is 0.0364 e. The maximum atomic E-state index is 6.28. The van der Waals surface area contributed by atoms with Crippen LogP contribution in [0.2, 0.25) is 0 Å². The lowest BCUT2D eigenvalue weighted by Crippen LogP contribution is -2.16. The fourth-order valence-electron chi connectivity index (χ4n) is 3.38. The van der Waals surface area contributed by atoms with Crippen molar-refractivity contribution in [2.45, 2.75) is 63.7 Å². The molecule has 2 aliphatic carbocycles. The molecule has 3 atom stereocenters. The molecule has 0 heterocycles. The van der Waals surface area contributed by atoms with Crippen LogP contribution in [-0.2, 0) is 0 Å². The topological polar surface area (TPSA) is 0 Å². The van der Waals surface area contributed by atoms with Gasteiger partial charge in [-0.15, -0.1) is 11.6 Å². The third-order valence-electron chi connectivity index (χ3n) is 4.49. The quantitative estimate of drug-likeness (QED) is 0.589. The average Bonchev–Trinajstić information content (AvgIpc) is 2.52. The summed E-state index contributed by atoms with van der Waals surface area (Å²) in [6, 6.07) is 0. The molecule has 0 aliphatic heterocycles. The van der Waals surface area contributed by atoms with E-state index in [1.165, 1.54) is 51.4 Å². The van der Waals surface area contributed by atoms with E-state index in [0.29, 0.717) is 5.38 Å². The van der Waals surface area contributed by atoms with Crippen molar-refractivity contribution in [3.63, 3.8) is 0 Å². The molecule has 0 nitrogen and oxygen atoms in total. The van der Waals surface area contributed by atoms with Crippen molar-refractivity contribution in [3.8, 4) is 0 Å². The summed E-state index contributed by atoms with van der Waals surface area (Å²) in [5.74, 6) is 2.76. The Labute approximate surface area is 93.4 Å². The maximum Gasteiger partial charge on any atom is 0.0364 e. The molecular weight excluding hydrogens is 192 g/mol. The minimum Gasteiger partial charge on any atom is -0.123 e. The number of hydrogen-bond acceptors (Lipinski definition) is 0. The summed E-state index contributed by atoms with van der Waals surface area (Å²) >= 11 is 6.28. The van der Waals surface area contributed by atoms with Crippen LogP contribution in [0.1, 0.15) is 58.3 Å². The van der Waals surface area contributed by atoms with E-state index in [1.54, 1.807) is 0 Å². The van der Waals surface area contributed by atoms with Gasteiger partial charge >= 0.3 is 0 Å². The molecule has 0 bridgehead atoms. The lowest BCUT2D eigenvalue weighted by atomic mass is 9.80. The van der Waals surface area contributed by atoms with Gasteiger partial charge in [-0.3, -0.25) is 0 Å². The highest BCUT2D eigenvalue weighted by atomic mass is 35.5. The molecule has 0 aromatic carbocycles. The highest BCUT2D eigenvalue weighted by Gasteiger charge is 2.32. The Balaban J connectivity index is 1.79. The van der Waals surface area contributed by atoms with Gasteiger partial charge in [0.1, 0.15) is 0 Å². The van der Waals surface area contributed by atoms with E-state index in [9.17, 15) is 0 Å². The molecule has 1 heteroatoms. The van der Waals surface area contributed by atoms with Gasteiger partial charge in [0.25, 0.3) is 0 Å². The summed E-state index contributed by atoms with van der Waals surface area (Å²) in [7, 11) is 0. The van der Waals surface area contributed by atoms with E-state index in [4.69, 9.17) is 11.6 Å². The third kappa shape index (κ3) is 2.45. The van der Waals surface area contributed by atoms with Gasteiger partial charge in [-0.2, -0.15) is 0 Å². The van der Waals surface area contributed by atoms with Crippen molar-refractivity contribution in [2.75, 3.05) is 0 Å². The maximum absolute atomic E-state index is 6.28. The Morgan fingerprint density at radius 2 is 1.71 bits per heavy atom. The fraction of sp³-hybridized carbons (Fsp3) is 1.00. The first-order valence-corrected chi connectivity index (χ1v) is 6.85. The average molecular weight is 215 g/mol. The zero-order valence-corrected chi connectivity index (χ0v) is 10.1. The second-order valence-corrected chi connectivity index (χ2v) is 6.01. The van der Waals surface area contributed by atoms with Crippen LogP contribution in [0.4, 0.5) is 0 Å². The lowest BCUT2D eigenvalue weighted by molar-refractivity contribution is 0.261. The van der Waals surface area contributed by atoms with Crippen LogP contribution in [0.5, 0.6) is 0 Å². The Morgan fingerprint density at radius 1 is 1.00 bits per heavy atom. The van der Waals surface area contributed by atoms with Crippen molar-refractivity contribution in [3.05, 3.63) is 0 Å². The van der Waals surface area contributed by atoms with E-state index in [0.717, 1.165) is 17.8 Å². The molecule has 0 spiro atoms. The second kappa shape index (κ2) is 4.88. The fourth-order valence-corrected chi connectivity index (χ4v) is 3.71. The minimum atomic E-state index is 0.476. The highest BCUT2D eigenvalue weighted by molar-refractivity contribution is 6.20. The first-order valence-electron chi connectivity index (χ1n) is 6.41. The van der Waals surface area contributed by atoms with E-state index in [-0.39, 0.29) is 0 Å². The van der Waals surface area contributed by atoms with Crippen LogP contribution in [0, 0.1) is 17.8 Å². The van der Waals surface area contributed by atoms with Gasteiger partial charge in [0.05, 0.1) is 0 Å². The Kier molecular flexibility index (Phi) is 3.76. The van der Waals surface area contributed by atoms with Crippen molar-refractivity contribution in [2.24, 2.45) is 17.8 Å². The molecule has 0 N–H and O–H groups in total. The highest BCUT2D eigenvalue weighted by Crippen LogP contribution is 2.41. The number of halogens is 1. The number of hydrogen-bond donors (Lipinski definition) is 0. The molecule has 0 aromatic heterocycles. The largest absolute Gasteiger partial charge is 0.123 e. The molecule has 0 amide bonds. The molecule has 14 heavy (non-hydrogen) atoms. The zero-order valence-electron chi connectivity index (χ0n) is 9.34. The van der Waals surface area contributed by atoms with E-state index < -0.39 is 0 Å². The summed E-state index contributed by atoms with van der Waals surface area (Å²) in [5, 5.41) is 0.476. The number of rotatable bonds is 2. The van der Waals surface area contributed by atoms with E-state index >= 15 is 0 Å². The monoisotopic (exact) mass is 214 g/mol. The second-order valence-electron chi connectivity index (χ2n) is 5.45. The van der Waals surface area contributed by atoms with Gasteiger partial charge in [-0.1, -0.05) is 39.0 Å². The SMILES string of the molecule is CC1C(Cl)CCC1CC1CCCCC1. The summed E-state index contributed by atoms with van der Waals surface area (Å²) < 4.78 is 0. The molecule has 2 aliphatic rings. The van der Waals surface area contributed by atoms with Crippen LogP contribution < -0.4 is 0 Å². The summed E-state index contributed by atoms with van der Waals surface area (Å²) in [6.07, 6.45) is 11.6. The van der Waals surface area contributed by atoms with Crippen LogP contribution in [-0.4, -0.2) is 5.38 Å².